The van der Waals surface area contributed by atoms with Gasteiger partial charge in [0, 0.05) is 11.8 Å². The molecule has 0 saturated heterocycles. The molecule has 0 spiro atoms. The number of carbonyl (C=O) groups is 1. The number of nitrogen functional groups attached to an aromatic ring is 1. The summed E-state index contributed by atoms with van der Waals surface area (Å²) >= 11 is 0. The van der Waals surface area contributed by atoms with Gasteiger partial charge in [-0.15, -0.1) is 0 Å². The molecule has 0 unspecified atom stereocenters. The highest BCUT2D eigenvalue weighted by Gasteiger charge is 2.04. The number of nitrogens with one attached hydrogen (secondary N) is 1. The number of amides is 1. The van der Waals surface area contributed by atoms with E-state index in [1.54, 1.807) is 18.2 Å². The maximum Gasteiger partial charge on any atom is 0.224 e. The Bertz CT molecular complexity index is 494. The van der Waals surface area contributed by atoms with Crippen molar-refractivity contribution in [1.82, 2.24) is 10.5 Å². The molecular formula is C12H13N3O2. The average Bonchev–Trinajstić information content (AvgIpc) is 2.79. The molecule has 1 amide bonds. The maximum atomic E-state index is 11.6. The summed E-state index contributed by atoms with van der Waals surface area (Å²) in [6.45, 7) is 0.373. The molecule has 0 saturated carbocycles. The molecule has 88 valence electrons. The number of carbonyl (C=O) groups excluding carboxylic acids is 1. The Balaban J connectivity index is 1.85. The monoisotopic (exact) mass is 231 g/mol. The van der Waals surface area contributed by atoms with Gasteiger partial charge in [-0.25, -0.2) is 0 Å². The van der Waals surface area contributed by atoms with Gasteiger partial charge in [-0.1, -0.05) is 17.3 Å². The normalized spacial score (nSPS) is 10.1. The highest BCUT2D eigenvalue weighted by Crippen LogP contribution is 2.07. The summed E-state index contributed by atoms with van der Waals surface area (Å²) in [6.07, 6.45) is 1.78. The second-order valence-electron chi connectivity index (χ2n) is 3.69. The summed E-state index contributed by atoms with van der Waals surface area (Å²) < 4.78 is 4.66. The predicted molar refractivity (Wildman–Crippen MR) is 62.9 cm³/mol. The molecule has 5 nitrogen and oxygen atoms in total. The molecule has 0 radical (unpaired) electrons. The zero-order valence-corrected chi connectivity index (χ0v) is 9.22. The molecule has 0 bridgehead atoms. The lowest BCUT2D eigenvalue weighted by Crippen LogP contribution is -2.24. The fourth-order valence-electron chi connectivity index (χ4n) is 1.47. The van der Waals surface area contributed by atoms with Crippen LogP contribution in [0.4, 0.5) is 5.69 Å². The molecule has 0 aliphatic rings. The Morgan fingerprint density at radius 3 is 3.00 bits per heavy atom. The second-order valence-corrected chi connectivity index (χ2v) is 3.69. The third-order valence-electron chi connectivity index (χ3n) is 2.27. The molecule has 2 rings (SSSR count). The van der Waals surface area contributed by atoms with Crippen molar-refractivity contribution in [3.8, 4) is 0 Å². The largest absolute Gasteiger partial charge is 0.399 e. The molecule has 3 N–H and O–H groups in total. The lowest BCUT2D eigenvalue weighted by molar-refractivity contribution is -0.120. The fraction of sp³-hybridized carbons (Fsp3) is 0.167. The standard InChI is InChI=1S/C12H13N3O2/c13-10-3-1-2-9(6-10)7-12(16)14-8-11-4-5-17-15-11/h1-6H,7-8,13H2,(H,14,16). The molecule has 2 aromatic rings. The molecule has 1 aromatic heterocycles. The van der Waals surface area contributed by atoms with Gasteiger partial charge in [0.05, 0.1) is 13.0 Å². The first-order valence-electron chi connectivity index (χ1n) is 5.24. The smallest absolute Gasteiger partial charge is 0.224 e. The van der Waals surface area contributed by atoms with Crippen LogP contribution in [0.1, 0.15) is 11.3 Å². The number of benzene rings is 1. The summed E-state index contributed by atoms with van der Waals surface area (Å²) in [5, 5.41) is 6.45. The third-order valence-corrected chi connectivity index (χ3v) is 2.27. The predicted octanol–water partition coefficient (Wildman–Crippen LogP) is 1.12. The van der Waals surface area contributed by atoms with Crippen molar-refractivity contribution >= 4 is 11.6 Å². The summed E-state index contributed by atoms with van der Waals surface area (Å²) in [7, 11) is 0. The van der Waals surface area contributed by atoms with Gasteiger partial charge < -0.3 is 15.6 Å². The number of anilines is 1. The molecular weight excluding hydrogens is 218 g/mol. The first kappa shape index (κ1) is 11.2. The van der Waals surface area contributed by atoms with Crippen LogP contribution in [0.3, 0.4) is 0 Å². The Labute approximate surface area is 98.6 Å². The molecule has 0 aliphatic heterocycles. The average molecular weight is 231 g/mol. The minimum absolute atomic E-state index is 0.0707. The van der Waals surface area contributed by atoms with Crippen molar-refractivity contribution in [3.05, 3.63) is 47.9 Å². The Morgan fingerprint density at radius 2 is 2.29 bits per heavy atom. The van der Waals surface area contributed by atoms with Crippen LogP contribution in [-0.4, -0.2) is 11.1 Å². The van der Waals surface area contributed by atoms with Gasteiger partial charge in [0.25, 0.3) is 0 Å². The van der Waals surface area contributed by atoms with E-state index < -0.39 is 0 Å². The van der Waals surface area contributed by atoms with E-state index in [0.717, 1.165) is 5.56 Å². The van der Waals surface area contributed by atoms with Crippen molar-refractivity contribution in [2.75, 3.05) is 5.73 Å². The Morgan fingerprint density at radius 1 is 1.41 bits per heavy atom. The van der Waals surface area contributed by atoms with Crippen LogP contribution in [0.15, 0.2) is 41.1 Å². The quantitative estimate of drug-likeness (QED) is 0.772. The minimum atomic E-state index is -0.0707. The molecule has 0 fully saturated rings. The lowest BCUT2D eigenvalue weighted by Gasteiger charge is -2.03. The molecule has 0 atom stereocenters. The molecule has 0 aliphatic carbocycles. The van der Waals surface area contributed by atoms with Crippen LogP contribution in [-0.2, 0) is 17.8 Å². The Kier molecular flexibility index (Phi) is 3.40. The van der Waals surface area contributed by atoms with Crippen LogP contribution in [0, 0.1) is 0 Å². The maximum absolute atomic E-state index is 11.6. The van der Waals surface area contributed by atoms with Gasteiger partial charge in [-0.05, 0) is 17.7 Å². The number of rotatable bonds is 4. The first-order valence-corrected chi connectivity index (χ1v) is 5.24. The van der Waals surface area contributed by atoms with Gasteiger partial charge in [-0.2, -0.15) is 0 Å². The number of nitrogens with two attached hydrogens (primary N) is 1. The van der Waals surface area contributed by atoms with E-state index >= 15 is 0 Å². The van der Waals surface area contributed by atoms with E-state index in [4.69, 9.17) is 5.73 Å². The Hall–Kier alpha value is -2.30. The second kappa shape index (κ2) is 5.16. The van der Waals surface area contributed by atoms with Crippen LogP contribution in [0.5, 0.6) is 0 Å². The zero-order valence-electron chi connectivity index (χ0n) is 9.22. The minimum Gasteiger partial charge on any atom is -0.399 e. The SMILES string of the molecule is Nc1cccc(CC(=O)NCc2ccon2)c1. The molecule has 1 heterocycles. The van der Waals surface area contributed by atoms with E-state index in [1.165, 1.54) is 6.26 Å². The van der Waals surface area contributed by atoms with Crippen LogP contribution in [0.25, 0.3) is 0 Å². The van der Waals surface area contributed by atoms with E-state index in [0.29, 0.717) is 24.3 Å². The number of hydrogen-bond donors (Lipinski definition) is 2. The highest BCUT2D eigenvalue weighted by molar-refractivity contribution is 5.78. The van der Waals surface area contributed by atoms with Crippen molar-refractivity contribution in [1.29, 1.82) is 0 Å². The van der Waals surface area contributed by atoms with E-state index in [9.17, 15) is 4.79 Å². The van der Waals surface area contributed by atoms with Crippen LogP contribution < -0.4 is 11.1 Å². The van der Waals surface area contributed by atoms with Crippen LogP contribution in [0.2, 0.25) is 0 Å². The summed E-state index contributed by atoms with van der Waals surface area (Å²) in [4.78, 5) is 11.6. The van der Waals surface area contributed by atoms with Gasteiger partial charge >= 0.3 is 0 Å². The molecule has 5 heteroatoms. The van der Waals surface area contributed by atoms with E-state index in [-0.39, 0.29) is 5.91 Å². The fourth-order valence-corrected chi connectivity index (χ4v) is 1.47. The molecule has 17 heavy (non-hydrogen) atoms. The van der Waals surface area contributed by atoms with E-state index in [1.807, 2.05) is 12.1 Å². The first-order chi connectivity index (χ1) is 8.24. The van der Waals surface area contributed by atoms with Crippen molar-refractivity contribution in [2.45, 2.75) is 13.0 Å². The summed E-state index contributed by atoms with van der Waals surface area (Å²) in [6, 6.07) is 8.98. The van der Waals surface area contributed by atoms with Gasteiger partial charge in [0.1, 0.15) is 12.0 Å². The van der Waals surface area contributed by atoms with Crippen molar-refractivity contribution < 1.29 is 9.32 Å². The topological polar surface area (TPSA) is 81.2 Å². The van der Waals surface area contributed by atoms with Gasteiger partial charge in [0.2, 0.25) is 5.91 Å². The van der Waals surface area contributed by atoms with Gasteiger partial charge in [-0.3, -0.25) is 4.79 Å². The van der Waals surface area contributed by atoms with Gasteiger partial charge in [0.15, 0.2) is 0 Å². The van der Waals surface area contributed by atoms with Crippen LogP contribution >= 0.6 is 0 Å². The van der Waals surface area contributed by atoms with Crippen molar-refractivity contribution in [2.24, 2.45) is 0 Å². The highest BCUT2D eigenvalue weighted by atomic mass is 16.5. The van der Waals surface area contributed by atoms with E-state index in [2.05, 4.69) is 15.0 Å². The summed E-state index contributed by atoms with van der Waals surface area (Å²) in [5.41, 5.74) is 7.88. The molecule has 1 aromatic carbocycles. The van der Waals surface area contributed by atoms with Crippen molar-refractivity contribution in [3.63, 3.8) is 0 Å². The third kappa shape index (κ3) is 3.34. The lowest BCUT2D eigenvalue weighted by atomic mass is 10.1. The summed E-state index contributed by atoms with van der Waals surface area (Å²) in [5.74, 6) is -0.0707. The zero-order chi connectivity index (χ0) is 12.1. The number of hydrogen-bond acceptors (Lipinski definition) is 4. The number of nitrogens with zero attached hydrogens (tertiary/aromatic N) is 1. The number of aromatic nitrogens is 1.